The third-order valence-corrected chi connectivity index (χ3v) is 5.02. The zero-order valence-electron chi connectivity index (χ0n) is 9.55. The summed E-state index contributed by atoms with van der Waals surface area (Å²) in [6.45, 7) is 0.754. The summed E-state index contributed by atoms with van der Waals surface area (Å²) in [5.41, 5.74) is 6.03. The molecular formula is C11H15NO4S. The normalized spacial score (nSPS) is 20.4. The molecule has 17 heavy (non-hydrogen) atoms. The van der Waals surface area contributed by atoms with Crippen molar-refractivity contribution < 1.29 is 17.9 Å². The van der Waals surface area contributed by atoms with Crippen LogP contribution in [0.25, 0.3) is 0 Å². The molecule has 6 heteroatoms. The molecule has 0 spiro atoms. The minimum atomic E-state index is -3.35. The molecule has 5 nitrogen and oxygen atoms in total. The van der Waals surface area contributed by atoms with Crippen molar-refractivity contribution in [2.45, 2.75) is 16.6 Å². The van der Waals surface area contributed by atoms with Gasteiger partial charge in [-0.25, -0.2) is 8.42 Å². The van der Waals surface area contributed by atoms with E-state index in [9.17, 15) is 8.42 Å². The third kappa shape index (κ3) is 2.23. The Labute approximate surface area is 100 Å². The number of hydrogen-bond donors (Lipinski definition) is 1. The van der Waals surface area contributed by atoms with Gasteiger partial charge in [0.2, 0.25) is 0 Å². The Bertz CT molecular complexity index is 506. The van der Waals surface area contributed by atoms with Gasteiger partial charge in [0.1, 0.15) is 5.75 Å². The molecule has 1 atom stereocenters. The molecule has 0 bridgehead atoms. The zero-order chi connectivity index (χ0) is 12.5. The van der Waals surface area contributed by atoms with Crippen molar-refractivity contribution in [1.82, 2.24) is 0 Å². The van der Waals surface area contributed by atoms with E-state index in [2.05, 4.69) is 0 Å². The van der Waals surface area contributed by atoms with Crippen molar-refractivity contribution in [3.05, 3.63) is 18.2 Å². The summed E-state index contributed by atoms with van der Waals surface area (Å²) in [4.78, 5) is 0.228. The van der Waals surface area contributed by atoms with E-state index in [0.29, 0.717) is 24.5 Å². The van der Waals surface area contributed by atoms with Gasteiger partial charge in [0, 0.05) is 6.61 Å². The van der Waals surface area contributed by atoms with Crippen molar-refractivity contribution in [2.24, 2.45) is 0 Å². The topological polar surface area (TPSA) is 78.6 Å². The molecule has 1 aliphatic rings. The average molecular weight is 257 g/mol. The SMILES string of the molecule is COc1ccc(S(=O)(=O)C2CCOC2)cc1N. The summed E-state index contributed by atoms with van der Waals surface area (Å²) in [6.07, 6.45) is 0.536. The number of sulfone groups is 1. The maximum Gasteiger partial charge on any atom is 0.183 e. The number of nitrogen functional groups attached to an aromatic ring is 1. The van der Waals surface area contributed by atoms with Gasteiger partial charge in [-0.3, -0.25) is 0 Å². The molecule has 0 radical (unpaired) electrons. The summed E-state index contributed by atoms with van der Waals surface area (Å²) in [6, 6.07) is 4.52. The Balaban J connectivity index is 2.36. The van der Waals surface area contributed by atoms with Crippen LogP contribution in [0.5, 0.6) is 5.75 Å². The van der Waals surface area contributed by atoms with Crippen LogP contribution in [0.1, 0.15) is 6.42 Å². The molecule has 2 rings (SSSR count). The highest BCUT2D eigenvalue weighted by Crippen LogP contribution is 2.28. The number of rotatable bonds is 3. The van der Waals surface area contributed by atoms with Gasteiger partial charge in [0.25, 0.3) is 0 Å². The van der Waals surface area contributed by atoms with Gasteiger partial charge in [0.05, 0.1) is 29.5 Å². The lowest BCUT2D eigenvalue weighted by Crippen LogP contribution is -2.21. The smallest absolute Gasteiger partial charge is 0.183 e. The molecule has 2 N–H and O–H groups in total. The van der Waals surface area contributed by atoms with E-state index >= 15 is 0 Å². The van der Waals surface area contributed by atoms with Gasteiger partial charge in [-0.15, -0.1) is 0 Å². The van der Waals surface area contributed by atoms with Crippen LogP contribution < -0.4 is 10.5 Å². The van der Waals surface area contributed by atoms with Crippen LogP contribution >= 0.6 is 0 Å². The van der Waals surface area contributed by atoms with E-state index in [1.807, 2.05) is 0 Å². The molecule has 94 valence electrons. The standard InChI is InChI=1S/C11H15NO4S/c1-15-11-3-2-8(6-10(11)12)17(13,14)9-4-5-16-7-9/h2-3,6,9H,4-5,7,12H2,1H3. The summed E-state index contributed by atoms with van der Waals surface area (Å²) >= 11 is 0. The van der Waals surface area contributed by atoms with Crippen molar-refractivity contribution in [3.63, 3.8) is 0 Å². The lowest BCUT2D eigenvalue weighted by Gasteiger charge is -2.11. The molecule has 0 saturated carbocycles. The molecule has 1 aromatic rings. The fourth-order valence-electron chi connectivity index (χ4n) is 1.84. The third-order valence-electron chi connectivity index (χ3n) is 2.86. The Morgan fingerprint density at radius 2 is 2.24 bits per heavy atom. The first-order valence-electron chi connectivity index (χ1n) is 5.31. The molecule has 0 amide bonds. The molecule has 1 saturated heterocycles. The highest BCUT2D eigenvalue weighted by atomic mass is 32.2. The Hall–Kier alpha value is -1.27. The highest BCUT2D eigenvalue weighted by molar-refractivity contribution is 7.92. The number of ether oxygens (including phenoxy) is 2. The fraction of sp³-hybridized carbons (Fsp3) is 0.455. The van der Waals surface area contributed by atoms with Gasteiger partial charge in [0.15, 0.2) is 9.84 Å². The molecule has 1 fully saturated rings. The van der Waals surface area contributed by atoms with Crippen LogP contribution in [0.4, 0.5) is 5.69 Å². The molecule has 1 heterocycles. The number of methoxy groups -OCH3 is 1. The summed E-state index contributed by atoms with van der Waals surface area (Å²) in [5.74, 6) is 0.478. The van der Waals surface area contributed by atoms with Crippen LogP contribution in [-0.4, -0.2) is 34.0 Å². The first-order valence-corrected chi connectivity index (χ1v) is 6.85. The largest absolute Gasteiger partial charge is 0.495 e. The van der Waals surface area contributed by atoms with Gasteiger partial charge < -0.3 is 15.2 Å². The minimum absolute atomic E-state index is 0.228. The average Bonchev–Trinajstić information content (AvgIpc) is 2.83. The molecule has 1 aromatic carbocycles. The van der Waals surface area contributed by atoms with Gasteiger partial charge >= 0.3 is 0 Å². The lowest BCUT2D eigenvalue weighted by molar-refractivity contribution is 0.198. The predicted octanol–water partition coefficient (Wildman–Crippen LogP) is 0.840. The number of anilines is 1. The van der Waals surface area contributed by atoms with Crippen LogP contribution in [-0.2, 0) is 14.6 Å². The van der Waals surface area contributed by atoms with Crippen LogP contribution in [0.3, 0.4) is 0 Å². The van der Waals surface area contributed by atoms with Gasteiger partial charge in [-0.05, 0) is 24.6 Å². The van der Waals surface area contributed by atoms with Crippen molar-refractivity contribution >= 4 is 15.5 Å². The highest BCUT2D eigenvalue weighted by Gasteiger charge is 2.31. The molecule has 0 aliphatic carbocycles. The maximum atomic E-state index is 12.2. The molecular weight excluding hydrogens is 242 g/mol. The van der Waals surface area contributed by atoms with Crippen molar-refractivity contribution in [1.29, 1.82) is 0 Å². The van der Waals surface area contributed by atoms with Gasteiger partial charge in [-0.1, -0.05) is 0 Å². The maximum absolute atomic E-state index is 12.2. The minimum Gasteiger partial charge on any atom is -0.495 e. The fourth-order valence-corrected chi connectivity index (χ4v) is 3.46. The molecule has 1 unspecified atom stereocenters. The number of hydrogen-bond acceptors (Lipinski definition) is 5. The van der Waals surface area contributed by atoms with Crippen LogP contribution in [0.15, 0.2) is 23.1 Å². The Morgan fingerprint density at radius 1 is 1.47 bits per heavy atom. The predicted molar refractivity (Wildman–Crippen MR) is 63.8 cm³/mol. The van der Waals surface area contributed by atoms with E-state index in [-0.39, 0.29) is 11.5 Å². The van der Waals surface area contributed by atoms with Gasteiger partial charge in [-0.2, -0.15) is 0 Å². The second-order valence-electron chi connectivity index (χ2n) is 3.93. The second kappa shape index (κ2) is 4.54. The summed E-state index contributed by atoms with van der Waals surface area (Å²) in [7, 11) is -1.86. The number of nitrogens with two attached hydrogens (primary N) is 1. The van der Waals surface area contributed by atoms with E-state index in [4.69, 9.17) is 15.2 Å². The first kappa shape index (κ1) is 12.2. The molecule has 1 aliphatic heterocycles. The van der Waals surface area contributed by atoms with E-state index in [1.54, 1.807) is 6.07 Å². The molecule has 0 aromatic heterocycles. The quantitative estimate of drug-likeness (QED) is 0.812. The van der Waals surface area contributed by atoms with E-state index in [1.165, 1.54) is 19.2 Å². The summed E-state index contributed by atoms with van der Waals surface area (Å²) in [5, 5.41) is -0.463. The first-order chi connectivity index (χ1) is 8.05. The Kier molecular flexibility index (Phi) is 3.26. The van der Waals surface area contributed by atoms with Crippen molar-refractivity contribution in [2.75, 3.05) is 26.1 Å². The van der Waals surface area contributed by atoms with Crippen molar-refractivity contribution in [3.8, 4) is 5.75 Å². The monoisotopic (exact) mass is 257 g/mol. The van der Waals surface area contributed by atoms with Crippen LogP contribution in [0, 0.1) is 0 Å². The lowest BCUT2D eigenvalue weighted by atomic mass is 10.3. The van der Waals surface area contributed by atoms with E-state index in [0.717, 1.165) is 0 Å². The Morgan fingerprint density at radius 3 is 2.76 bits per heavy atom. The van der Waals surface area contributed by atoms with E-state index < -0.39 is 15.1 Å². The summed E-state index contributed by atoms with van der Waals surface area (Å²) < 4.78 is 34.5. The second-order valence-corrected chi connectivity index (χ2v) is 6.16. The van der Waals surface area contributed by atoms with Crippen LogP contribution in [0.2, 0.25) is 0 Å². The zero-order valence-corrected chi connectivity index (χ0v) is 10.4. The number of benzene rings is 1.